The van der Waals surface area contributed by atoms with Crippen molar-refractivity contribution in [2.45, 2.75) is 38.0 Å². The maximum absolute atomic E-state index is 4.82. The number of pyridine rings is 1. The van der Waals surface area contributed by atoms with Crippen LogP contribution in [0.1, 0.15) is 48.0 Å². The molecular weight excluding hydrogens is 218 g/mol. The molecule has 18 heavy (non-hydrogen) atoms. The van der Waals surface area contributed by atoms with E-state index in [1.165, 1.54) is 41.8 Å². The molecule has 2 aromatic rings. The van der Waals surface area contributed by atoms with Gasteiger partial charge in [-0.25, -0.2) is 0 Å². The van der Waals surface area contributed by atoms with Crippen molar-refractivity contribution in [2.75, 3.05) is 0 Å². The van der Waals surface area contributed by atoms with Crippen LogP contribution in [-0.2, 0) is 0 Å². The Labute approximate surface area is 108 Å². The predicted octanol–water partition coefficient (Wildman–Crippen LogP) is 4.42. The van der Waals surface area contributed by atoms with E-state index in [9.17, 15) is 0 Å². The predicted molar refractivity (Wildman–Crippen MR) is 73.7 cm³/mol. The summed E-state index contributed by atoms with van der Waals surface area (Å²) >= 11 is 0. The Balaban J connectivity index is 1.97. The number of rotatable bonds is 1. The first-order valence-corrected chi connectivity index (χ1v) is 6.90. The summed E-state index contributed by atoms with van der Waals surface area (Å²) in [6, 6.07) is 13.1. The van der Waals surface area contributed by atoms with E-state index in [-0.39, 0.29) is 0 Å². The monoisotopic (exact) mass is 235 g/mol. The standard InChI is InChI=1S/C17H17N/c1-11-9-15(12-5-3-2-4-6-12)16-13-7-8-14(10-13)17(16)18-11/h2-6,9,13-14H,7-8,10H2,1H3. The third-order valence-electron chi connectivity index (χ3n) is 4.53. The van der Waals surface area contributed by atoms with Crippen LogP contribution in [0.15, 0.2) is 36.4 Å². The van der Waals surface area contributed by atoms with Crippen molar-refractivity contribution in [3.05, 3.63) is 53.3 Å². The quantitative estimate of drug-likeness (QED) is 0.713. The Morgan fingerprint density at radius 2 is 1.83 bits per heavy atom. The fraction of sp³-hybridized carbons (Fsp3) is 0.353. The number of fused-ring (bicyclic) bond motifs is 5. The molecule has 0 radical (unpaired) electrons. The van der Waals surface area contributed by atoms with E-state index in [0.29, 0.717) is 0 Å². The van der Waals surface area contributed by atoms with E-state index in [4.69, 9.17) is 4.98 Å². The Morgan fingerprint density at radius 3 is 2.67 bits per heavy atom. The fourth-order valence-corrected chi connectivity index (χ4v) is 3.80. The number of benzene rings is 1. The molecule has 0 spiro atoms. The van der Waals surface area contributed by atoms with Crippen LogP contribution >= 0.6 is 0 Å². The number of hydrogen-bond donors (Lipinski definition) is 0. The molecule has 1 fully saturated rings. The van der Waals surface area contributed by atoms with Crippen molar-refractivity contribution >= 4 is 0 Å². The van der Waals surface area contributed by atoms with Crippen molar-refractivity contribution in [1.82, 2.24) is 4.98 Å². The summed E-state index contributed by atoms with van der Waals surface area (Å²) < 4.78 is 0. The van der Waals surface area contributed by atoms with Gasteiger partial charge < -0.3 is 0 Å². The normalized spacial score (nSPS) is 24.3. The molecule has 0 aliphatic heterocycles. The van der Waals surface area contributed by atoms with E-state index >= 15 is 0 Å². The molecule has 2 aliphatic carbocycles. The van der Waals surface area contributed by atoms with Crippen LogP contribution in [0.5, 0.6) is 0 Å². The lowest BCUT2D eigenvalue weighted by Crippen LogP contribution is -2.04. The summed E-state index contributed by atoms with van der Waals surface area (Å²) in [6.45, 7) is 2.12. The average molecular weight is 235 g/mol. The first-order chi connectivity index (χ1) is 8.83. The Bertz CT molecular complexity index is 601. The van der Waals surface area contributed by atoms with Crippen LogP contribution in [0.3, 0.4) is 0 Å². The summed E-state index contributed by atoms with van der Waals surface area (Å²) in [5.74, 6) is 1.51. The first-order valence-electron chi connectivity index (χ1n) is 6.90. The SMILES string of the molecule is Cc1cc(-c2ccccc2)c2c(n1)C1CCC2C1. The maximum Gasteiger partial charge on any atom is 0.0478 e. The van der Waals surface area contributed by atoms with Crippen molar-refractivity contribution in [2.24, 2.45) is 0 Å². The molecule has 90 valence electrons. The lowest BCUT2D eigenvalue weighted by Gasteiger charge is -2.19. The van der Waals surface area contributed by atoms with Gasteiger partial charge in [0.25, 0.3) is 0 Å². The van der Waals surface area contributed by atoms with E-state index in [1.54, 1.807) is 5.56 Å². The zero-order valence-corrected chi connectivity index (χ0v) is 10.7. The van der Waals surface area contributed by atoms with Gasteiger partial charge in [0, 0.05) is 17.3 Å². The average Bonchev–Trinajstić information content (AvgIpc) is 3.00. The molecule has 2 bridgehead atoms. The summed E-state index contributed by atoms with van der Waals surface area (Å²) in [5, 5.41) is 0. The van der Waals surface area contributed by atoms with Gasteiger partial charge in [0.1, 0.15) is 0 Å². The van der Waals surface area contributed by atoms with E-state index in [1.807, 2.05) is 0 Å². The molecule has 2 unspecified atom stereocenters. The molecule has 0 N–H and O–H groups in total. The maximum atomic E-state index is 4.82. The molecule has 1 nitrogen and oxygen atoms in total. The topological polar surface area (TPSA) is 12.9 Å². The van der Waals surface area contributed by atoms with Gasteiger partial charge in [-0.2, -0.15) is 0 Å². The summed E-state index contributed by atoms with van der Waals surface area (Å²) in [7, 11) is 0. The molecule has 1 aromatic carbocycles. The Morgan fingerprint density at radius 1 is 1.06 bits per heavy atom. The second kappa shape index (κ2) is 3.68. The van der Waals surface area contributed by atoms with Crippen LogP contribution in [0, 0.1) is 6.92 Å². The zero-order valence-electron chi connectivity index (χ0n) is 10.7. The van der Waals surface area contributed by atoms with Crippen molar-refractivity contribution in [3.8, 4) is 11.1 Å². The van der Waals surface area contributed by atoms with Gasteiger partial charge in [0.15, 0.2) is 0 Å². The lowest BCUT2D eigenvalue weighted by molar-refractivity contribution is 0.695. The third kappa shape index (κ3) is 1.37. The van der Waals surface area contributed by atoms with Crippen LogP contribution in [0.25, 0.3) is 11.1 Å². The van der Waals surface area contributed by atoms with E-state index in [0.717, 1.165) is 11.8 Å². The van der Waals surface area contributed by atoms with E-state index in [2.05, 4.69) is 43.3 Å². The molecule has 4 rings (SSSR count). The molecule has 0 amide bonds. The van der Waals surface area contributed by atoms with Crippen LogP contribution in [0.4, 0.5) is 0 Å². The minimum absolute atomic E-state index is 0.743. The Kier molecular flexibility index (Phi) is 2.11. The minimum atomic E-state index is 0.743. The highest BCUT2D eigenvalue weighted by molar-refractivity contribution is 5.71. The Hall–Kier alpha value is -1.63. The van der Waals surface area contributed by atoms with Crippen molar-refractivity contribution in [3.63, 3.8) is 0 Å². The second-order valence-electron chi connectivity index (χ2n) is 5.68. The van der Waals surface area contributed by atoms with Crippen LogP contribution in [-0.4, -0.2) is 4.98 Å². The fourth-order valence-electron chi connectivity index (χ4n) is 3.80. The van der Waals surface area contributed by atoms with Crippen molar-refractivity contribution in [1.29, 1.82) is 0 Å². The summed E-state index contributed by atoms with van der Waals surface area (Å²) in [4.78, 5) is 4.82. The number of hydrogen-bond acceptors (Lipinski definition) is 1. The molecule has 2 atom stereocenters. The molecule has 1 heteroatoms. The van der Waals surface area contributed by atoms with Gasteiger partial charge in [-0.3, -0.25) is 4.98 Å². The highest BCUT2D eigenvalue weighted by atomic mass is 14.7. The minimum Gasteiger partial charge on any atom is -0.258 e. The number of aryl methyl sites for hydroxylation is 1. The highest BCUT2D eigenvalue weighted by Crippen LogP contribution is 2.54. The smallest absolute Gasteiger partial charge is 0.0478 e. The van der Waals surface area contributed by atoms with E-state index < -0.39 is 0 Å². The molecule has 1 aromatic heterocycles. The summed E-state index contributed by atoms with van der Waals surface area (Å²) in [6.07, 6.45) is 4.05. The molecule has 2 aliphatic rings. The second-order valence-corrected chi connectivity index (χ2v) is 5.68. The molecule has 1 heterocycles. The molecule has 1 saturated carbocycles. The van der Waals surface area contributed by atoms with Gasteiger partial charge in [0.2, 0.25) is 0 Å². The van der Waals surface area contributed by atoms with Gasteiger partial charge in [-0.05, 0) is 54.9 Å². The van der Waals surface area contributed by atoms with Crippen LogP contribution < -0.4 is 0 Å². The number of aromatic nitrogens is 1. The molecular formula is C17H17N. The van der Waals surface area contributed by atoms with Gasteiger partial charge in [-0.1, -0.05) is 30.3 Å². The van der Waals surface area contributed by atoms with Gasteiger partial charge in [-0.15, -0.1) is 0 Å². The van der Waals surface area contributed by atoms with Crippen molar-refractivity contribution < 1.29 is 0 Å². The molecule has 0 saturated heterocycles. The first kappa shape index (κ1) is 10.3. The zero-order chi connectivity index (χ0) is 12.1. The lowest BCUT2D eigenvalue weighted by atomic mass is 9.88. The number of nitrogens with zero attached hydrogens (tertiary/aromatic N) is 1. The highest BCUT2D eigenvalue weighted by Gasteiger charge is 2.39. The third-order valence-corrected chi connectivity index (χ3v) is 4.53. The van der Waals surface area contributed by atoms with Crippen LogP contribution in [0.2, 0.25) is 0 Å². The summed E-state index contributed by atoms with van der Waals surface area (Å²) in [5.41, 5.74) is 6.92. The van der Waals surface area contributed by atoms with Gasteiger partial charge >= 0.3 is 0 Å². The largest absolute Gasteiger partial charge is 0.258 e. The van der Waals surface area contributed by atoms with Gasteiger partial charge in [0.05, 0.1) is 0 Å².